The first-order valence-corrected chi connectivity index (χ1v) is 8.80. The van der Waals surface area contributed by atoms with Crippen LogP contribution in [0.1, 0.15) is 47.0 Å². The van der Waals surface area contributed by atoms with Crippen LogP contribution in [0.5, 0.6) is 0 Å². The third-order valence-electron chi connectivity index (χ3n) is 5.25. The van der Waals surface area contributed by atoms with E-state index in [0.717, 1.165) is 22.0 Å². The molecule has 3 heterocycles. The van der Waals surface area contributed by atoms with Crippen LogP contribution in [0.15, 0.2) is 53.1 Å². The van der Waals surface area contributed by atoms with Gasteiger partial charge in [0, 0.05) is 32.3 Å². The molecule has 1 aliphatic carbocycles. The molecule has 3 heteroatoms. The lowest BCUT2D eigenvalue weighted by molar-refractivity contribution is 0.653. The molecule has 0 saturated heterocycles. The zero-order valence-electron chi connectivity index (χ0n) is 16.8. The molecule has 0 N–H and O–H groups in total. The van der Waals surface area contributed by atoms with Crippen LogP contribution >= 0.6 is 0 Å². The largest absolute Gasteiger partial charge is 0.437 e. The van der Waals surface area contributed by atoms with Crippen LogP contribution in [-0.2, 0) is 0 Å². The van der Waals surface area contributed by atoms with Gasteiger partial charge in [-0.1, -0.05) is 25.0 Å². The summed E-state index contributed by atoms with van der Waals surface area (Å²) < 4.78 is 28.8. The maximum absolute atomic E-state index is 7.58. The van der Waals surface area contributed by atoms with Gasteiger partial charge in [-0.05, 0) is 61.5 Å². The summed E-state index contributed by atoms with van der Waals surface area (Å²) in [4.78, 5) is 8.84. The highest BCUT2D eigenvalue weighted by atomic mass is 16.3. The van der Waals surface area contributed by atoms with Crippen LogP contribution in [0.2, 0.25) is 0 Å². The third kappa shape index (κ3) is 2.42. The molecule has 0 spiro atoms. The van der Waals surface area contributed by atoms with E-state index >= 15 is 0 Å². The van der Waals surface area contributed by atoms with E-state index in [2.05, 4.69) is 22.1 Å². The summed E-state index contributed by atoms with van der Waals surface area (Å²) in [5.74, 6) is 0.611. The third-order valence-corrected chi connectivity index (χ3v) is 5.25. The average Bonchev–Trinajstić information content (AvgIpc) is 3.34. The Hall–Kier alpha value is -2.68. The Morgan fingerprint density at radius 2 is 2.00 bits per heavy atom. The van der Waals surface area contributed by atoms with E-state index in [1.165, 1.54) is 31.2 Å². The van der Waals surface area contributed by atoms with Gasteiger partial charge in [-0.2, -0.15) is 0 Å². The smallest absolute Gasteiger partial charge is 0.227 e. The van der Waals surface area contributed by atoms with Crippen LogP contribution in [0.4, 0.5) is 0 Å². The fourth-order valence-electron chi connectivity index (χ4n) is 3.99. The van der Waals surface area contributed by atoms with Gasteiger partial charge in [0.25, 0.3) is 0 Å². The van der Waals surface area contributed by atoms with E-state index in [1.54, 1.807) is 12.1 Å². The molecule has 0 atom stereocenters. The fraction of sp³-hybridized carbons (Fsp3) is 0.273. The van der Waals surface area contributed by atoms with Gasteiger partial charge in [0.05, 0.1) is 5.69 Å². The first kappa shape index (κ1) is 11.8. The highest BCUT2D eigenvalue weighted by Crippen LogP contribution is 2.37. The summed E-state index contributed by atoms with van der Waals surface area (Å²) in [6, 6.07) is 13.6. The quantitative estimate of drug-likeness (QED) is 0.451. The summed E-state index contributed by atoms with van der Waals surface area (Å²) in [6.07, 6.45) is 6.92. The van der Waals surface area contributed by atoms with Crippen molar-refractivity contribution < 1.29 is 8.53 Å². The number of aryl methyl sites for hydroxylation is 1. The van der Waals surface area contributed by atoms with E-state index in [1.807, 2.05) is 24.4 Å². The van der Waals surface area contributed by atoms with Crippen molar-refractivity contribution >= 4 is 22.1 Å². The standard InChI is InChI=1S/C22H20N2O/c1-14-9-10-18-17-7-4-8-19(21(17)25-22(18)24-14)20-13-16(11-12-23-20)15-5-2-3-6-15/h4,7-13,15H,2-3,5-6H2,1H3/i1D3. The van der Waals surface area contributed by atoms with E-state index < -0.39 is 6.85 Å². The van der Waals surface area contributed by atoms with Crippen LogP contribution in [0.25, 0.3) is 33.3 Å². The van der Waals surface area contributed by atoms with Gasteiger partial charge in [0.15, 0.2) is 0 Å². The highest BCUT2D eigenvalue weighted by Gasteiger charge is 2.19. The van der Waals surface area contributed by atoms with Crippen LogP contribution in [0, 0.1) is 6.85 Å². The van der Waals surface area contributed by atoms with Gasteiger partial charge in [-0.15, -0.1) is 0 Å². The molecule has 4 aromatic rings. The topological polar surface area (TPSA) is 38.9 Å². The van der Waals surface area contributed by atoms with Crippen molar-refractivity contribution in [1.29, 1.82) is 0 Å². The summed E-state index contributed by atoms with van der Waals surface area (Å²) in [5.41, 5.74) is 4.21. The van der Waals surface area contributed by atoms with Gasteiger partial charge in [0.2, 0.25) is 5.71 Å². The first-order chi connectivity index (χ1) is 13.5. The van der Waals surface area contributed by atoms with Crippen molar-refractivity contribution in [1.82, 2.24) is 9.97 Å². The maximum Gasteiger partial charge on any atom is 0.227 e. The van der Waals surface area contributed by atoms with Crippen molar-refractivity contribution in [2.75, 3.05) is 0 Å². The zero-order valence-corrected chi connectivity index (χ0v) is 13.8. The molecule has 3 nitrogen and oxygen atoms in total. The minimum absolute atomic E-state index is 0.0435. The number of pyridine rings is 2. The predicted octanol–water partition coefficient (Wildman–Crippen LogP) is 6.01. The molecule has 0 unspecified atom stereocenters. The second-order valence-corrected chi connectivity index (χ2v) is 6.79. The Morgan fingerprint density at radius 3 is 2.88 bits per heavy atom. The van der Waals surface area contributed by atoms with Gasteiger partial charge >= 0.3 is 0 Å². The molecule has 1 aliphatic rings. The van der Waals surface area contributed by atoms with Gasteiger partial charge in [0.1, 0.15) is 5.58 Å². The Labute approximate surface area is 150 Å². The van der Waals surface area contributed by atoms with E-state index in [-0.39, 0.29) is 5.69 Å². The maximum atomic E-state index is 7.58. The number of nitrogens with zero attached hydrogens (tertiary/aromatic N) is 2. The number of aromatic nitrogens is 2. The number of rotatable bonds is 2. The molecule has 0 aliphatic heterocycles. The molecule has 1 aromatic carbocycles. The van der Waals surface area contributed by atoms with E-state index in [0.29, 0.717) is 17.2 Å². The lowest BCUT2D eigenvalue weighted by atomic mass is 9.96. The Balaban J connectivity index is 1.67. The molecular formula is C22H20N2O. The van der Waals surface area contributed by atoms with Crippen LogP contribution < -0.4 is 0 Å². The molecular weight excluding hydrogens is 308 g/mol. The number of hydrogen-bond acceptors (Lipinski definition) is 3. The first-order valence-electron chi connectivity index (χ1n) is 10.3. The second kappa shape index (κ2) is 5.69. The van der Waals surface area contributed by atoms with Crippen molar-refractivity contribution in [3.05, 3.63) is 59.9 Å². The Kier molecular flexibility index (Phi) is 2.69. The van der Waals surface area contributed by atoms with Crippen molar-refractivity contribution in [3.63, 3.8) is 0 Å². The van der Waals surface area contributed by atoms with E-state index in [4.69, 9.17) is 8.53 Å². The zero-order chi connectivity index (χ0) is 19.3. The highest BCUT2D eigenvalue weighted by molar-refractivity contribution is 6.08. The minimum Gasteiger partial charge on any atom is -0.437 e. The second-order valence-electron chi connectivity index (χ2n) is 6.79. The van der Waals surface area contributed by atoms with Crippen LogP contribution in [0.3, 0.4) is 0 Å². The SMILES string of the molecule is [2H]C([2H])([2H])c1ccc2c(n1)oc1c(-c3cc(C4CCCC4)ccn3)cccc12. The predicted molar refractivity (Wildman–Crippen MR) is 101 cm³/mol. The molecule has 1 saturated carbocycles. The summed E-state index contributed by atoms with van der Waals surface area (Å²) >= 11 is 0. The summed E-state index contributed by atoms with van der Waals surface area (Å²) in [7, 11) is 0. The number of fused-ring (bicyclic) bond motifs is 3. The molecule has 5 rings (SSSR count). The average molecular weight is 331 g/mol. The molecule has 25 heavy (non-hydrogen) atoms. The Morgan fingerprint density at radius 1 is 1.08 bits per heavy atom. The normalized spacial score (nSPS) is 17.7. The Bertz CT molecular complexity index is 1170. The van der Waals surface area contributed by atoms with Crippen molar-refractivity contribution in [2.45, 2.75) is 38.5 Å². The van der Waals surface area contributed by atoms with Gasteiger partial charge in [-0.25, -0.2) is 4.98 Å². The minimum atomic E-state index is -2.26. The lowest BCUT2D eigenvalue weighted by Gasteiger charge is -2.11. The molecule has 124 valence electrons. The van der Waals surface area contributed by atoms with Gasteiger partial charge < -0.3 is 4.42 Å². The number of furan rings is 1. The molecule has 0 radical (unpaired) electrons. The molecule has 0 bridgehead atoms. The lowest BCUT2D eigenvalue weighted by Crippen LogP contribution is -1.94. The number of para-hydroxylation sites is 1. The molecule has 1 fully saturated rings. The van der Waals surface area contributed by atoms with Crippen molar-refractivity contribution in [3.8, 4) is 11.3 Å². The number of benzene rings is 1. The van der Waals surface area contributed by atoms with Gasteiger partial charge in [-0.3, -0.25) is 4.98 Å². The van der Waals surface area contributed by atoms with Crippen LogP contribution in [-0.4, -0.2) is 9.97 Å². The van der Waals surface area contributed by atoms with E-state index in [9.17, 15) is 0 Å². The van der Waals surface area contributed by atoms with Crippen molar-refractivity contribution in [2.24, 2.45) is 0 Å². The summed E-state index contributed by atoms with van der Waals surface area (Å²) in [5, 5.41) is 1.74. The summed E-state index contributed by atoms with van der Waals surface area (Å²) in [6.45, 7) is -2.26. The number of hydrogen-bond donors (Lipinski definition) is 0. The molecule has 3 aromatic heterocycles. The molecule has 0 amide bonds. The fourth-order valence-corrected chi connectivity index (χ4v) is 3.99. The monoisotopic (exact) mass is 331 g/mol.